The van der Waals surface area contributed by atoms with Crippen molar-refractivity contribution in [2.24, 2.45) is 0 Å². The minimum absolute atomic E-state index is 0.0153. The second-order valence-electron chi connectivity index (χ2n) is 7.79. The van der Waals surface area contributed by atoms with E-state index in [9.17, 15) is 4.79 Å². The number of fused-ring (bicyclic) bond motifs is 2. The van der Waals surface area contributed by atoms with E-state index < -0.39 is 0 Å². The van der Waals surface area contributed by atoms with Crippen LogP contribution in [0.5, 0.6) is 0 Å². The summed E-state index contributed by atoms with van der Waals surface area (Å²) >= 11 is 1.64. The Bertz CT molecular complexity index is 778. The summed E-state index contributed by atoms with van der Waals surface area (Å²) in [5.41, 5.74) is 1.14. The molecule has 2 aliphatic rings. The van der Waals surface area contributed by atoms with Crippen molar-refractivity contribution in [3.8, 4) is 0 Å². The summed E-state index contributed by atoms with van der Waals surface area (Å²) in [6.45, 7) is 6.95. The monoisotopic (exact) mass is 402 g/mol. The molecule has 2 N–H and O–H groups in total. The number of hydrogen-bond donors (Lipinski definition) is 2. The molecule has 4 heterocycles. The third-order valence-corrected chi connectivity index (χ3v) is 7.25. The predicted molar refractivity (Wildman–Crippen MR) is 111 cm³/mol. The van der Waals surface area contributed by atoms with Crippen LogP contribution in [0.1, 0.15) is 58.5 Å². The van der Waals surface area contributed by atoms with Crippen LogP contribution in [0.15, 0.2) is 18.5 Å². The number of aromatic amines is 1. The Balaban J connectivity index is 1.40. The standard InChI is InChI=1S/C21H30N4O2S/c1-2-3-11-25-12-6-21(7-13-25)19-16(5-14-27-21)15-17(28-19)20(26)24-8-4-18-22-9-10-23-18/h9-10,15H,2-8,11-14H2,1H3,(H,22,23)(H,24,26). The number of carbonyl (C=O) groups excluding carboxylic acids is 1. The van der Waals surface area contributed by atoms with Crippen molar-refractivity contribution < 1.29 is 9.53 Å². The highest BCUT2D eigenvalue weighted by Gasteiger charge is 2.42. The second-order valence-corrected chi connectivity index (χ2v) is 8.85. The Kier molecular flexibility index (Phi) is 6.13. The molecule has 7 heteroatoms. The number of nitrogens with zero attached hydrogens (tertiary/aromatic N) is 2. The molecule has 1 fully saturated rings. The van der Waals surface area contributed by atoms with Crippen LogP contribution < -0.4 is 5.32 Å². The molecule has 2 aromatic rings. The molecule has 2 aliphatic heterocycles. The van der Waals surface area contributed by atoms with Gasteiger partial charge in [0.1, 0.15) is 11.4 Å². The second kappa shape index (κ2) is 8.76. The van der Waals surface area contributed by atoms with E-state index in [-0.39, 0.29) is 11.5 Å². The van der Waals surface area contributed by atoms with Crippen LogP contribution in [-0.4, -0.2) is 53.6 Å². The summed E-state index contributed by atoms with van der Waals surface area (Å²) in [5, 5.41) is 3.03. The number of piperidine rings is 1. The quantitative estimate of drug-likeness (QED) is 0.747. The lowest BCUT2D eigenvalue weighted by molar-refractivity contribution is -0.0950. The smallest absolute Gasteiger partial charge is 0.261 e. The van der Waals surface area contributed by atoms with Gasteiger partial charge in [0.15, 0.2) is 0 Å². The number of amides is 1. The van der Waals surface area contributed by atoms with Gasteiger partial charge in [-0.3, -0.25) is 4.79 Å². The van der Waals surface area contributed by atoms with Crippen LogP contribution >= 0.6 is 11.3 Å². The zero-order valence-electron chi connectivity index (χ0n) is 16.6. The molecule has 1 spiro atoms. The minimum atomic E-state index is -0.173. The van der Waals surface area contributed by atoms with E-state index in [0.29, 0.717) is 13.0 Å². The fourth-order valence-corrected chi connectivity index (χ4v) is 5.57. The van der Waals surface area contributed by atoms with Gasteiger partial charge < -0.3 is 19.9 Å². The number of aromatic nitrogens is 2. The lowest BCUT2D eigenvalue weighted by Crippen LogP contribution is -2.46. The number of rotatable bonds is 7. The van der Waals surface area contributed by atoms with Crippen LogP contribution in [0.3, 0.4) is 0 Å². The SMILES string of the molecule is CCCCN1CCC2(CC1)OCCc1cc(C(=O)NCCc3ncc[nH]3)sc12. The molecule has 1 amide bonds. The van der Waals surface area contributed by atoms with Gasteiger partial charge in [0.2, 0.25) is 0 Å². The largest absolute Gasteiger partial charge is 0.369 e. The van der Waals surface area contributed by atoms with Gasteiger partial charge in [-0.15, -0.1) is 11.3 Å². The average Bonchev–Trinajstić information content (AvgIpc) is 3.38. The third-order valence-electron chi connectivity index (χ3n) is 5.89. The predicted octanol–water partition coefficient (Wildman–Crippen LogP) is 3.11. The zero-order valence-corrected chi connectivity index (χ0v) is 17.4. The molecule has 0 aliphatic carbocycles. The van der Waals surface area contributed by atoms with Crippen LogP contribution in [0, 0.1) is 0 Å². The maximum atomic E-state index is 12.7. The molecule has 0 radical (unpaired) electrons. The van der Waals surface area contributed by atoms with Gasteiger partial charge in [-0.25, -0.2) is 4.98 Å². The van der Waals surface area contributed by atoms with Gasteiger partial charge in [0.05, 0.1) is 11.5 Å². The van der Waals surface area contributed by atoms with Crippen molar-refractivity contribution in [3.05, 3.63) is 39.6 Å². The number of ether oxygens (including phenoxy) is 1. The van der Waals surface area contributed by atoms with E-state index in [2.05, 4.69) is 33.2 Å². The van der Waals surface area contributed by atoms with Crippen LogP contribution in [0.4, 0.5) is 0 Å². The number of likely N-dealkylation sites (tertiary alicyclic amines) is 1. The van der Waals surface area contributed by atoms with Gasteiger partial charge in [0, 0.05) is 43.3 Å². The lowest BCUT2D eigenvalue weighted by Gasteiger charge is -2.43. The summed E-state index contributed by atoms with van der Waals surface area (Å²) in [6, 6.07) is 2.09. The number of thiophene rings is 1. The first kappa shape index (κ1) is 19.6. The molecule has 6 nitrogen and oxygen atoms in total. The Morgan fingerprint density at radius 2 is 2.29 bits per heavy atom. The third kappa shape index (κ3) is 4.16. The summed E-state index contributed by atoms with van der Waals surface area (Å²) in [4.78, 5) is 24.6. The molecule has 152 valence electrons. The van der Waals surface area contributed by atoms with E-state index in [4.69, 9.17) is 4.74 Å². The van der Waals surface area contributed by atoms with Crippen molar-refractivity contribution >= 4 is 17.2 Å². The van der Waals surface area contributed by atoms with E-state index in [0.717, 1.165) is 49.7 Å². The van der Waals surface area contributed by atoms with Gasteiger partial charge in [-0.2, -0.15) is 0 Å². The minimum Gasteiger partial charge on any atom is -0.369 e. The Hall–Kier alpha value is -1.70. The van der Waals surface area contributed by atoms with E-state index in [1.165, 1.54) is 29.8 Å². The number of unbranched alkanes of at least 4 members (excludes halogenated alkanes) is 1. The van der Waals surface area contributed by atoms with Crippen LogP contribution in [0.25, 0.3) is 0 Å². The molecular formula is C21H30N4O2S. The van der Waals surface area contributed by atoms with Gasteiger partial charge in [0.25, 0.3) is 5.91 Å². The Labute approximate surface area is 170 Å². The maximum Gasteiger partial charge on any atom is 0.261 e. The first-order chi connectivity index (χ1) is 13.7. The zero-order chi connectivity index (χ0) is 19.4. The number of carbonyl (C=O) groups is 1. The molecule has 0 atom stereocenters. The molecule has 0 unspecified atom stereocenters. The Morgan fingerprint density at radius 1 is 1.43 bits per heavy atom. The highest BCUT2D eigenvalue weighted by atomic mass is 32.1. The first-order valence-corrected chi connectivity index (χ1v) is 11.3. The van der Waals surface area contributed by atoms with Crippen LogP contribution in [-0.2, 0) is 23.2 Å². The molecule has 4 rings (SSSR count). The molecular weight excluding hydrogens is 372 g/mol. The van der Waals surface area contributed by atoms with Crippen LogP contribution in [0.2, 0.25) is 0 Å². The highest BCUT2D eigenvalue weighted by Crippen LogP contribution is 2.45. The molecule has 0 bridgehead atoms. The average molecular weight is 403 g/mol. The topological polar surface area (TPSA) is 70.2 Å². The van der Waals surface area contributed by atoms with Gasteiger partial charge in [-0.1, -0.05) is 13.3 Å². The first-order valence-electron chi connectivity index (χ1n) is 10.5. The molecule has 0 aromatic carbocycles. The van der Waals surface area contributed by atoms with Gasteiger partial charge >= 0.3 is 0 Å². The fraction of sp³-hybridized carbons (Fsp3) is 0.619. The number of imidazole rings is 1. The van der Waals surface area contributed by atoms with E-state index >= 15 is 0 Å². The van der Waals surface area contributed by atoms with E-state index in [1.54, 1.807) is 23.7 Å². The number of H-pyrrole nitrogens is 1. The van der Waals surface area contributed by atoms with Crippen molar-refractivity contribution in [1.29, 1.82) is 0 Å². The van der Waals surface area contributed by atoms with Crippen molar-refractivity contribution in [2.45, 2.75) is 51.0 Å². The molecule has 28 heavy (non-hydrogen) atoms. The normalized spacial score (nSPS) is 18.9. The van der Waals surface area contributed by atoms with Gasteiger partial charge in [-0.05, 0) is 43.9 Å². The fourth-order valence-electron chi connectivity index (χ4n) is 4.24. The summed E-state index contributed by atoms with van der Waals surface area (Å²) in [6.07, 6.45) is 9.73. The summed E-state index contributed by atoms with van der Waals surface area (Å²) in [7, 11) is 0. The van der Waals surface area contributed by atoms with E-state index in [1.807, 2.05) is 0 Å². The number of nitrogens with one attached hydrogen (secondary N) is 2. The summed E-state index contributed by atoms with van der Waals surface area (Å²) < 4.78 is 6.35. The lowest BCUT2D eigenvalue weighted by atomic mass is 9.85. The molecule has 2 aromatic heterocycles. The summed E-state index contributed by atoms with van der Waals surface area (Å²) in [5.74, 6) is 0.912. The Morgan fingerprint density at radius 3 is 3.04 bits per heavy atom. The highest BCUT2D eigenvalue weighted by molar-refractivity contribution is 7.14. The van der Waals surface area contributed by atoms with Crippen molar-refractivity contribution in [3.63, 3.8) is 0 Å². The van der Waals surface area contributed by atoms with Crippen molar-refractivity contribution in [2.75, 3.05) is 32.8 Å². The molecule has 1 saturated heterocycles. The number of hydrogen-bond acceptors (Lipinski definition) is 5. The molecule has 0 saturated carbocycles. The maximum absolute atomic E-state index is 12.7. The van der Waals surface area contributed by atoms with Crippen molar-refractivity contribution in [1.82, 2.24) is 20.2 Å².